The Morgan fingerprint density at radius 3 is 2.50 bits per heavy atom. The van der Waals surface area contributed by atoms with Crippen LogP contribution in [0.2, 0.25) is 0 Å². The molecule has 3 nitrogen and oxygen atoms in total. The smallest absolute Gasteiger partial charge is 0.119 e. The van der Waals surface area contributed by atoms with E-state index in [0.29, 0.717) is 6.61 Å². The number of rotatable bonds is 5. The number of hydrogen-bond donors (Lipinski definition) is 0. The molecule has 0 atom stereocenters. The van der Waals surface area contributed by atoms with E-state index in [1.807, 2.05) is 6.92 Å². The highest BCUT2D eigenvalue weighted by atomic mass is 16.5. The highest BCUT2D eigenvalue weighted by molar-refractivity contribution is 5.67. The van der Waals surface area contributed by atoms with E-state index >= 15 is 0 Å². The molecule has 0 amide bonds. The van der Waals surface area contributed by atoms with E-state index in [1.54, 1.807) is 24.3 Å². The molecule has 0 saturated heterocycles. The summed E-state index contributed by atoms with van der Waals surface area (Å²) in [5.41, 5.74) is 0.730. The van der Waals surface area contributed by atoms with E-state index < -0.39 is 5.97 Å². The number of aliphatic carboxylic acids is 1. The normalized spacial score (nSPS) is 9.79. The minimum atomic E-state index is -1.06. The van der Waals surface area contributed by atoms with Crippen LogP contribution in [0.15, 0.2) is 24.3 Å². The van der Waals surface area contributed by atoms with Crippen LogP contribution < -0.4 is 9.84 Å². The summed E-state index contributed by atoms with van der Waals surface area (Å²) >= 11 is 0. The first-order chi connectivity index (χ1) is 6.72. The summed E-state index contributed by atoms with van der Waals surface area (Å²) < 4.78 is 5.35. The lowest BCUT2D eigenvalue weighted by Gasteiger charge is -2.06. The van der Waals surface area contributed by atoms with Gasteiger partial charge in [0.2, 0.25) is 0 Å². The lowest BCUT2D eigenvalue weighted by Crippen LogP contribution is -2.24. The van der Waals surface area contributed by atoms with Gasteiger partial charge in [-0.25, -0.2) is 0 Å². The van der Waals surface area contributed by atoms with E-state index in [2.05, 4.69) is 0 Å². The van der Waals surface area contributed by atoms with Crippen LogP contribution in [-0.2, 0) is 11.2 Å². The van der Waals surface area contributed by atoms with Crippen molar-refractivity contribution in [3.63, 3.8) is 0 Å². The Morgan fingerprint density at radius 1 is 1.36 bits per heavy atom. The second kappa shape index (κ2) is 5.27. The number of carboxylic acid groups (broad SMARTS) is 1. The molecule has 0 bridgehead atoms. The van der Waals surface area contributed by atoms with Crippen molar-refractivity contribution < 1.29 is 14.6 Å². The maximum Gasteiger partial charge on any atom is 0.119 e. The van der Waals surface area contributed by atoms with Crippen molar-refractivity contribution in [1.29, 1.82) is 0 Å². The van der Waals surface area contributed by atoms with Gasteiger partial charge in [0, 0.05) is 12.4 Å². The summed E-state index contributed by atoms with van der Waals surface area (Å²) in [4.78, 5) is 10.3. The van der Waals surface area contributed by atoms with Crippen molar-refractivity contribution in [1.82, 2.24) is 0 Å². The number of ether oxygens (including phenoxy) is 1. The molecule has 0 heterocycles. The van der Waals surface area contributed by atoms with E-state index in [0.717, 1.165) is 17.7 Å². The van der Waals surface area contributed by atoms with Gasteiger partial charge < -0.3 is 14.6 Å². The highest BCUT2D eigenvalue weighted by Crippen LogP contribution is 2.12. The molecular weight excluding hydrogens is 180 g/mol. The molecule has 0 N–H and O–H groups in total. The van der Waals surface area contributed by atoms with Gasteiger partial charge in [-0.2, -0.15) is 0 Å². The fraction of sp³-hybridized carbons (Fsp3) is 0.364. The zero-order valence-corrected chi connectivity index (χ0v) is 8.16. The minimum absolute atomic E-state index is 0.0476. The van der Waals surface area contributed by atoms with Gasteiger partial charge in [-0.15, -0.1) is 0 Å². The summed E-state index contributed by atoms with van der Waals surface area (Å²) in [6, 6.07) is 7.02. The Morgan fingerprint density at radius 2 is 2.00 bits per heavy atom. The summed E-state index contributed by atoms with van der Waals surface area (Å²) in [5, 5.41) is 10.3. The Bertz CT molecular complexity index is 290. The van der Waals surface area contributed by atoms with Crippen molar-refractivity contribution in [2.45, 2.75) is 19.8 Å². The van der Waals surface area contributed by atoms with Gasteiger partial charge >= 0.3 is 0 Å². The molecule has 0 saturated carbocycles. The van der Waals surface area contributed by atoms with Crippen LogP contribution in [0, 0.1) is 0 Å². The van der Waals surface area contributed by atoms with E-state index in [-0.39, 0.29) is 6.42 Å². The maximum atomic E-state index is 10.3. The molecule has 3 heteroatoms. The Kier molecular flexibility index (Phi) is 3.98. The SMILES string of the molecule is CCCOc1ccc(CC(=O)[O-])cc1. The van der Waals surface area contributed by atoms with Crippen LogP contribution in [-0.4, -0.2) is 12.6 Å². The van der Waals surface area contributed by atoms with E-state index in [4.69, 9.17) is 4.74 Å². The lowest BCUT2D eigenvalue weighted by molar-refractivity contribution is -0.304. The van der Waals surface area contributed by atoms with Gasteiger partial charge in [-0.05, 0) is 24.1 Å². The average Bonchev–Trinajstić information content (AvgIpc) is 2.16. The molecule has 1 aromatic rings. The first-order valence-electron chi connectivity index (χ1n) is 4.64. The number of carboxylic acids is 1. The van der Waals surface area contributed by atoms with Crippen LogP contribution in [0.1, 0.15) is 18.9 Å². The van der Waals surface area contributed by atoms with Gasteiger partial charge in [-0.3, -0.25) is 0 Å². The average molecular weight is 193 g/mol. The molecule has 0 unspecified atom stereocenters. The monoisotopic (exact) mass is 193 g/mol. The van der Waals surface area contributed by atoms with Crippen LogP contribution in [0.5, 0.6) is 5.75 Å². The molecule has 76 valence electrons. The predicted octanol–water partition coefficient (Wildman–Crippen LogP) is 0.768. The molecule has 0 aliphatic heterocycles. The van der Waals surface area contributed by atoms with Gasteiger partial charge in [0.15, 0.2) is 0 Å². The summed E-state index contributed by atoms with van der Waals surface area (Å²) in [5.74, 6) is -0.291. The number of hydrogen-bond acceptors (Lipinski definition) is 3. The second-order valence-corrected chi connectivity index (χ2v) is 3.04. The van der Waals surface area contributed by atoms with Gasteiger partial charge in [0.05, 0.1) is 6.61 Å². The molecule has 14 heavy (non-hydrogen) atoms. The molecule has 0 aromatic heterocycles. The van der Waals surface area contributed by atoms with Crippen LogP contribution in [0.4, 0.5) is 0 Å². The Labute approximate surface area is 83.3 Å². The first-order valence-corrected chi connectivity index (χ1v) is 4.64. The minimum Gasteiger partial charge on any atom is -0.550 e. The molecule has 0 aliphatic rings. The lowest BCUT2D eigenvalue weighted by atomic mass is 10.1. The highest BCUT2D eigenvalue weighted by Gasteiger charge is 1.95. The zero-order chi connectivity index (χ0) is 10.4. The van der Waals surface area contributed by atoms with Crippen LogP contribution in [0.3, 0.4) is 0 Å². The molecular formula is C11H13O3-. The quantitative estimate of drug-likeness (QED) is 0.694. The summed E-state index contributed by atoms with van der Waals surface area (Å²) in [6.07, 6.45) is 0.912. The van der Waals surface area contributed by atoms with Crippen LogP contribution >= 0.6 is 0 Å². The van der Waals surface area contributed by atoms with Crippen molar-refractivity contribution in [3.8, 4) is 5.75 Å². The van der Waals surface area contributed by atoms with Crippen molar-refractivity contribution in [3.05, 3.63) is 29.8 Å². The fourth-order valence-electron chi connectivity index (χ4n) is 1.09. The van der Waals surface area contributed by atoms with E-state index in [1.165, 1.54) is 0 Å². The molecule has 0 aliphatic carbocycles. The third-order valence-corrected chi connectivity index (χ3v) is 1.74. The molecule has 0 radical (unpaired) electrons. The number of benzene rings is 1. The first kappa shape index (κ1) is 10.6. The molecule has 0 fully saturated rings. The second-order valence-electron chi connectivity index (χ2n) is 3.04. The molecule has 0 spiro atoms. The standard InChI is InChI=1S/C11H14O3/c1-2-7-14-10-5-3-9(4-6-10)8-11(12)13/h3-6H,2,7-8H2,1H3,(H,12,13)/p-1. The van der Waals surface area contributed by atoms with Gasteiger partial charge in [-0.1, -0.05) is 19.1 Å². The topological polar surface area (TPSA) is 49.4 Å². The number of carbonyl (C=O) groups excluding carboxylic acids is 1. The third kappa shape index (κ3) is 3.47. The third-order valence-electron chi connectivity index (χ3n) is 1.74. The summed E-state index contributed by atoms with van der Waals surface area (Å²) in [7, 11) is 0. The summed E-state index contributed by atoms with van der Waals surface area (Å²) in [6.45, 7) is 2.71. The Balaban J connectivity index is 2.54. The van der Waals surface area contributed by atoms with Crippen molar-refractivity contribution in [2.75, 3.05) is 6.61 Å². The molecule has 1 aromatic carbocycles. The van der Waals surface area contributed by atoms with Crippen molar-refractivity contribution in [2.24, 2.45) is 0 Å². The number of carbonyl (C=O) groups is 1. The predicted molar refractivity (Wildman–Crippen MR) is 50.9 cm³/mol. The Hall–Kier alpha value is -1.51. The van der Waals surface area contributed by atoms with E-state index in [9.17, 15) is 9.90 Å². The van der Waals surface area contributed by atoms with Crippen molar-refractivity contribution >= 4 is 5.97 Å². The van der Waals surface area contributed by atoms with Gasteiger partial charge in [0.25, 0.3) is 0 Å². The maximum absolute atomic E-state index is 10.3. The van der Waals surface area contributed by atoms with Gasteiger partial charge in [0.1, 0.15) is 5.75 Å². The van der Waals surface area contributed by atoms with Crippen LogP contribution in [0.25, 0.3) is 0 Å². The largest absolute Gasteiger partial charge is 0.550 e. The molecule has 1 rings (SSSR count). The zero-order valence-electron chi connectivity index (χ0n) is 8.16. The fourth-order valence-corrected chi connectivity index (χ4v) is 1.09.